The van der Waals surface area contributed by atoms with Crippen LogP contribution >= 0.6 is 39.0 Å². The van der Waals surface area contributed by atoms with Crippen LogP contribution in [0, 0.1) is 0 Å². The highest BCUT2D eigenvalue weighted by atomic mass is 79.9. The van der Waals surface area contributed by atoms with Gasteiger partial charge >= 0.3 is 5.97 Å². The van der Waals surface area contributed by atoms with Gasteiger partial charge in [-0.3, -0.25) is 4.79 Å². The van der Waals surface area contributed by atoms with Gasteiger partial charge in [0.1, 0.15) is 0 Å². The number of carbonyl (C=O) groups excluding carboxylic acids is 2. The summed E-state index contributed by atoms with van der Waals surface area (Å²) in [4.78, 5) is 31.5. The van der Waals surface area contributed by atoms with Crippen molar-refractivity contribution >= 4 is 50.9 Å². The fourth-order valence-corrected chi connectivity index (χ4v) is 4.52. The van der Waals surface area contributed by atoms with Gasteiger partial charge in [-0.25, -0.2) is 9.78 Å². The van der Waals surface area contributed by atoms with E-state index < -0.39 is 5.97 Å². The van der Waals surface area contributed by atoms with Crippen LogP contribution in [-0.4, -0.2) is 35.4 Å². The molecule has 2 aromatic carbocycles. The third kappa shape index (κ3) is 6.16. The smallest absolute Gasteiger partial charge is 0.339 e. The molecule has 3 aromatic rings. The molecule has 0 aliphatic heterocycles. The number of amides is 1. The second kappa shape index (κ2) is 10.6. The topological polar surface area (TPSA) is 59.5 Å². The van der Waals surface area contributed by atoms with Gasteiger partial charge in [0.2, 0.25) is 0 Å². The van der Waals surface area contributed by atoms with E-state index in [4.69, 9.17) is 4.74 Å². The summed E-state index contributed by atoms with van der Waals surface area (Å²) in [6.45, 7) is 0.128. The van der Waals surface area contributed by atoms with E-state index in [9.17, 15) is 9.59 Å². The standard InChI is InChI=1S/C21H19BrN2O3S2/c1-24(10-15-6-2-4-8-18(15)22)20(25)11-27-21(26)17-7-3-5-9-19(17)29-13-16-12-28-14-23-16/h2-9,12,14H,10-11,13H2,1H3. The molecule has 1 amide bonds. The van der Waals surface area contributed by atoms with Crippen LogP contribution in [0.2, 0.25) is 0 Å². The summed E-state index contributed by atoms with van der Waals surface area (Å²) in [7, 11) is 1.69. The predicted molar refractivity (Wildman–Crippen MR) is 119 cm³/mol. The van der Waals surface area contributed by atoms with E-state index in [0.29, 0.717) is 17.9 Å². The first-order chi connectivity index (χ1) is 14.0. The Morgan fingerprint density at radius 2 is 1.93 bits per heavy atom. The number of hydrogen-bond donors (Lipinski definition) is 0. The molecule has 3 rings (SSSR count). The summed E-state index contributed by atoms with van der Waals surface area (Å²) in [5.41, 5.74) is 4.19. The number of aromatic nitrogens is 1. The van der Waals surface area contributed by atoms with Crippen molar-refractivity contribution < 1.29 is 14.3 Å². The van der Waals surface area contributed by atoms with Crippen molar-refractivity contribution in [3.63, 3.8) is 0 Å². The number of thioether (sulfide) groups is 1. The first-order valence-electron chi connectivity index (χ1n) is 8.78. The molecule has 1 heterocycles. The SMILES string of the molecule is CN(Cc1ccccc1Br)C(=O)COC(=O)c1ccccc1SCc1cscn1. The Labute approximate surface area is 186 Å². The molecule has 150 valence electrons. The van der Waals surface area contributed by atoms with Crippen molar-refractivity contribution in [3.05, 3.63) is 80.7 Å². The average molecular weight is 491 g/mol. The van der Waals surface area contributed by atoms with E-state index in [-0.39, 0.29) is 12.5 Å². The number of rotatable bonds is 8. The molecule has 0 radical (unpaired) electrons. The van der Waals surface area contributed by atoms with E-state index in [1.165, 1.54) is 28.0 Å². The first kappa shape index (κ1) is 21.5. The molecule has 0 aliphatic carbocycles. The van der Waals surface area contributed by atoms with Crippen molar-refractivity contribution in [2.75, 3.05) is 13.7 Å². The zero-order valence-corrected chi connectivity index (χ0v) is 18.9. The molecule has 0 fully saturated rings. The molecule has 0 bridgehead atoms. The van der Waals surface area contributed by atoms with E-state index in [2.05, 4.69) is 20.9 Å². The second-order valence-corrected chi connectivity index (χ2v) is 8.77. The third-order valence-corrected chi connectivity index (χ3v) is 6.60. The van der Waals surface area contributed by atoms with Crippen molar-refractivity contribution in [1.29, 1.82) is 0 Å². The first-order valence-corrected chi connectivity index (χ1v) is 11.5. The van der Waals surface area contributed by atoms with Crippen molar-refractivity contribution in [2.24, 2.45) is 0 Å². The number of ether oxygens (including phenoxy) is 1. The molecule has 29 heavy (non-hydrogen) atoms. The number of likely N-dealkylation sites (N-methyl/N-ethyl adjacent to an activating group) is 1. The summed E-state index contributed by atoms with van der Waals surface area (Å²) < 4.78 is 6.22. The Bertz CT molecular complexity index is 980. The maximum Gasteiger partial charge on any atom is 0.339 e. The highest BCUT2D eigenvalue weighted by Gasteiger charge is 2.17. The van der Waals surface area contributed by atoms with Crippen LogP contribution in [0.1, 0.15) is 21.6 Å². The van der Waals surface area contributed by atoms with Gasteiger partial charge in [-0.15, -0.1) is 23.1 Å². The van der Waals surface area contributed by atoms with Gasteiger partial charge in [0.25, 0.3) is 5.91 Å². The molecule has 0 atom stereocenters. The summed E-state index contributed by atoms with van der Waals surface area (Å²) in [5.74, 6) is -0.0998. The van der Waals surface area contributed by atoms with Crippen LogP contribution in [0.15, 0.2) is 68.8 Å². The largest absolute Gasteiger partial charge is 0.452 e. The number of hydrogen-bond acceptors (Lipinski definition) is 6. The van der Waals surface area contributed by atoms with Gasteiger partial charge in [-0.05, 0) is 23.8 Å². The summed E-state index contributed by atoms with van der Waals surface area (Å²) in [5, 5.41) is 1.98. The van der Waals surface area contributed by atoms with Crippen LogP contribution in [-0.2, 0) is 21.8 Å². The van der Waals surface area contributed by atoms with E-state index in [1.807, 2.05) is 41.8 Å². The number of halogens is 1. The maximum atomic E-state index is 12.5. The zero-order valence-electron chi connectivity index (χ0n) is 15.7. The average Bonchev–Trinajstić information content (AvgIpc) is 3.25. The van der Waals surface area contributed by atoms with E-state index in [0.717, 1.165) is 20.6 Å². The van der Waals surface area contributed by atoms with Crippen LogP contribution < -0.4 is 0 Å². The highest BCUT2D eigenvalue weighted by Crippen LogP contribution is 2.26. The minimum absolute atomic E-state index is 0.262. The lowest BCUT2D eigenvalue weighted by atomic mass is 10.2. The lowest BCUT2D eigenvalue weighted by Crippen LogP contribution is -2.31. The molecule has 0 N–H and O–H groups in total. The molecule has 0 aliphatic rings. The number of thiazole rings is 1. The number of benzene rings is 2. The number of nitrogens with zero attached hydrogens (tertiary/aromatic N) is 2. The monoisotopic (exact) mass is 490 g/mol. The van der Waals surface area contributed by atoms with E-state index >= 15 is 0 Å². The van der Waals surface area contributed by atoms with Gasteiger partial charge in [-0.1, -0.05) is 46.3 Å². The normalized spacial score (nSPS) is 10.6. The molecule has 0 spiro atoms. The molecule has 5 nitrogen and oxygen atoms in total. The number of esters is 1. The van der Waals surface area contributed by atoms with Crippen LogP contribution in [0.25, 0.3) is 0 Å². The van der Waals surface area contributed by atoms with Gasteiger partial charge < -0.3 is 9.64 Å². The van der Waals surface area contributed by atoms with Crippen molar-refractivity contribution in [1.82, 2.24) is 9.88 Å². The predicted octanol–water partition coefficient (Wildman–Crippen LogP) is 5.01. The Morgan fingerprint density at radius 1 is 1.17 bits per heavy atom. The molecule has 0 saturated heterocycles. The summed E-state index contributed by atoms with van der Waals surface area (Å²) >= 11 is 6.53. The molecule has 0 saturated carbocycles. The van der Waals surface area contributed by atoms with Gasteiger partial charge in [-0.2, -0.15) is 0 Å². The minimum Gasteiger partial charge on any atom is -0.452 e. The van der Waals surface area contributed by atoms with Crippen LogP contribution in [0.5, 0.6) is 0 Å². The molecular formula is C21H19BrN2O3S2. The molecular weight excluding hydrogens is 472 g/mol. The summed E-state index contributed by atoms with van der Waals surface area (Å²) in [6.07, 6.45) is 0. The maximum absolute atomic E-state index is 12.5. The summed E-state index contributed by atoms with van der Waals surface area (Å²) in [6, 6.07) is 14.9. The Morgan fingerprint density at radius 3 is 2.69 bits per heavy atom. The van der Waals surface area contributed by atoms with Crippen LogP contribution in [0.4, 0.5) is 0 Å². The van der Waals surface area contributed by atoms with E-state index in [1.54, 1.807) is 24.7 Å². The minimum atomic E-state index is -0.506. The Kier molecular flexibility index (Phi) is 7.85. The van der Waals surface area contributed by atoms with Gasteiger partial charge in [0.05, 0.1) is 16.8 Å². The molecule has 8 heteroatoms. The lowest BCUT2D eigenvalue weighted by molar-refractivity contribution is -0.133. The fourth-order valence-electron chi connectivity index (χ4n) is 2.51. The van der Waals surface area contributed by atoms with Gasteiger partial charge in [0, 0.05) is 34.1 Å². The Balaban J connectivity index is 1.56. The third-order valence-electron chi connectivity index (χ3n) is 4.08. The molecule has 1 aromatic heterocycles. The quantitative estimate of drug-likeness (QED) is 0.328. The fraction of sp³-hybridized carbons (Fsp3) is 0.190. The second-order valence-electron chi connectivity index (χ2n) is 6.18. The number of carbonyl (C=O) groups is 2. The van der Waals surface area contributed by atoms with Gasteiger partial charge in [0.15, 0.2) is 6.61 Å². The zero-order chi connectivity index (χ0) is 20.6. The Hall–Kier alpha value is -2.16. The van der Waals surface area contributed by atoms with Crippen molar-refractivity contribution in [2.45, 2.75) is 17.2 Å². The highest BCUT2D eigenvalue weighted by molar-refractivity contribution is 9.10. The lowest BCUT2D eigenvalue weighted by Gasteiger charge is -2.18. The van der Waals surface area contributed by atoms with Crippen molar-refractivity contribution in [3.8, 4) is 0 Å². The molecule has 0 unspecified atom stereocenters. The van der Waals surface area contributed by atoms with Crippen LogP contribution in [0.3, 0.4) is 0 Å².